The molecule has 1 aliphatic heterocycles. The van der Waals surface area contributed by atoms with Crippen LogP contribution < -0.4 is 14.5 Å². The van der Waals surface area contributed by atoms with Crippen LogP contribution in [0.5, 0.6) is 5.75 Å². The summed E-state index contributed by atoms with van der Waals surface area (Å²) in [4.78, 5) is 13.2. The third kappa shape index (κ3) is 2.69. The topological polar surface area (TPSA) is 84.6 Å². The Balaban J connectivity index is 1.31. The van der Waals surface area contributed by atoms with Crippen LogP contribution in [0.1, 0.15) is 24.6 Å². The lowest BCUT2D eigenvalue weighted by atomic mass is 10.3. The van der Waals surface area contributed by atoms with Crippen molar-refractivity contribution in [1.29, 1.82) is 0 Å². The van der Waals surface area contributed by atoms with Crippen molar-refractivity contribution in [3.8, 4) is 5.75 Å². The Hall–Kier alpha value is -2.97. The summed E-state index contributed by atoms with van der Waals surface area (Å²) in [6.45, 7) is 3.44. The van der Waals surface area contributed by atoms with E-state index in [0.29, 0.717) is 11.7 Å². The lowest BCUT2D eigenvalue weighted by Gasteiger charge is -2.35. The van der Waals surface area contributed by atoms with Gasteiger partial charge in [0.15, 0.2) is 17.2 Å². The number of rotatable bonds is 4. The number of fused-ring (bicyclic) bond motifs is 1. The summed E-state index contributed by atoms with van der Waals surface area (Å²) in [5.41, 5.74) is 0.820. The molecule has 134 valence electrons. The minimum Gasteiger partial charge on any atom is -0.494 e. The van der Waals surface area contributed by atoms with E-state index >= 15 is 0 Å². The van der Waals surface area contributed by atoms with Crippen molar-refractivity contribution in [3.05, 3.63) is 30.4 Å². The fourth-order valence-corrected chi connectivity index (χ4v) is 3.27. The Morgan fingerprint density at radius 1 is 0.962 bits per heavy atom. The molecule has 2 fully saturated rings. The molecule has 1 saturated carbocycles. The predicted molar refractivity (Wildman–Crippen MR) is 95.8 cm³/mol. The van der Waals surface area contributed by atoms with Crippen LogP contribution >= 0.6 is 0 Å². The number of anilines is 2. The summed E-state index contributed by atoms with van der Waals surface area (Å²) in [5, 5.41) is 13.3. The van der Waals surface area contributed by atoms with Crippen molar-refractivity contribution < 1.29 is 4.74 Å². The highest BCUT2D eigenvalue weighted by atomic mass is 16.5. The molecule has 2 aliphatic rings. The summed E-state index contributed by atoms with van der Waals surface area (Å²) >= 11 is 0. The van der Waals surface area contributed by atoms with Crippen molar-refractivity contribution in [1.82, 2.24) is 29.8 Å². The van der Waals surface area contributed by atoms with Gasteiger partial charge in [-0.25, -0.2) is 9.97 Å². The molecule has 26 heavy (non-hydrogen) atoms. The average Bonchev–Trinajstić information content (AvgIpc) is 3.47. The Morgan fingerprint density at radius 3 is 2.38 bits per heavy atom. The van der Waals surface area contributed by atoms with E-state index in [1.807, 2.05) is 16.6 Å². The summed E-state index contributed by atoms with van der Waals surface area (Å²) < 4.78 is 7.03. The molecule has 1 saturated heterocycles. The average molecular weight is 352 g/mol. The van der Waals surface area contributed by atoms with E-state index < -0.39 is 0 Å². The SMILES string of the molecule is COc1cnc(N2CCN(c3ccc4nnc(C5CC5)n4n3)CC2)nc1. The Kier molecular flexibility index (Phi) is 3.58. The lowest BCUT2D eigenvalue weighted by Crippen LogP contribution is -2.47. The van der Waals surface area contributed by atoms with Crippen LogP contribution in [0.15, 0.2) is 24.5 Å². The molecule has 0 spiro atoms. The molecule has 0 atom stereocenters. The van der Waals surface area contributed by atoms with Crippen LogP contribution in [0.2, 0.25) is 0 Å². The number of nitrogens with zero attached hydrogens (tertiary/aromatic N) is 8. The highest BCUT2D eigenvalue weighted by molar-refractivity contribution is 5.47. The van der Waals surface area contributed by atoms with Crippen LogP contribution in [0.3, 0.4) is 0 Å². The maximum Gasteiger partial charge on any atom is 0.225 e. The van der Waals surface area contributed by atoms with Crippen molar-refractivity contribution in [3.63, 3.8) is 0 Å². The fourth-order valence-electron chi connectivity index (χ4n) is 3.27. The molecular formula is C17H20N8O. The molecule has 0 aromatic carbocycles. The number of hydrogen-bond acceptors (Lipinski definition) is 8. The molecule has 3 aromatic heterocycles. The largest absolute Gasteiger partial charge is 0.494 e. The van der Waals surface area contributed by atoms with E-state index in [4.69, 9.17) is 9.84 Å². The first-order valence-electron chi connectivity index (χ1n) is 8.90. The van der Waals surface area contributed by atoms with Crippen LogP contribution in [0.4, 0.5) is 11.8 Å². The lowest BCUT2D eigenvalue weighted by molar-refractivity contribution is 0.410. The predicted octanol–water partition coefficient (Wildman–Crippen LogP) is 1.13. The van der Waals surface area contributed by atoms with Crippen molar-refractivity contribution in [2.24, 2.45) is 0 Å². The van der Waals surface area contributed by atoms with E-state index in [-0.39, 0.29) is 0 Å². The quantitative estimate of drug-likeness (QED) is 0.691. The Bertz CT molecular complexity index is 912. The number of methoxy groups -OCH3 is 1. The molecule has 0 radical (unpaired) electrons. The molecule has 5 rings (SSSR count). The van der Waals surface area contributed by atoms with Crippen LogP contribution in [0.25, 0.3) is 5.65 Å². The number of ether oxygens (including phenoxy) is 1. The summed E-state index contributed by atoms with van der Waals surface area (Å²) in [6.07, 6.45) is 5.78. The normalized spacial score (nSPS) is 17.7. The fraction of sp³-hybridized carbons (Fsp3) is 0.471. The van der Waals surface area contributed by atoms with E-state index in [1.165, 1.54) is 12.8 Å². The highest BCUT2D eigenvalue weighted by Gasteiger charge is 2.29. The molecule has 0 N–H and O–H groups in total. The summed E-state index contributed by atoms with van der Waals surface area (Å²) in [6, 6.07) is 4.03. The zero-order valence-corrected chi connectivity index (χ0v) is 14.6. The van der Waals surface area contributed by atoms with Gasteiger partial charge in [0.05, 0.1) is 19.5 Å². The van der Waals surface area contributed by atoms with Gasteiger partial charge >= 0.3 is 0 Å². The Labute approximate surface area is 150 Å². The minimum atomic E-state index is 0.525. The molecule has 9 nitrogen and oxygen atoms in total. The summed E-state index contributed by atoms with van der Waals surface area (Å²) in [7, 11) is 1.62. The van der Waals surface area contributed by atoms with E-state index in [9.17, 15) is 0 Å². The van der Waals surface area contributed by atoms with Crippen LogP contribution in [-0.2, 0) is 0 Å². The van der Waals surface area contributed by atoms with Gasteiger partial charge in [-0.1, -0.05) is 0 Å². The molecule has 9 heteroatoms. The van der Waals surface area contributed by atoms with Crippen molar-refractivity contribution in [2.75, 3.05) is 43.1 Å². The second-order valence-corrected chi connectivity index (χ2v) is 6.69. The van der Waals surface area contributed by atoms with E-state index in [1.54, 1.807) is 19.5 Å². The third-order valence-electron chi connectivity index (χ3n) is 4.95. The van der Waals surface area contributed by atoms with Gasteiger partial charge in [-0.15, -0.1) is 15.3 Å². The van der Waals surface area contributed by atoms with E-state index in [2.05, 4.69) is 30.0 Å². The number of hydrogen-bond donors (Lipinski definition) is 0. The molecule has 1 aliphatic carbocycles. The number of aromatic nitrogens is 6. The van der Waals surface area contributed by atoms with Gasteiger partial charge in [0, 0.05) is 32.1 Å². The molecule has 0 amide bonds. The molecule has 0 unspecified atom stereocenters. The molecule has 0 bridgehead atoms. The van der Waals surface area contributed by atoms with Gasteiger partial charge in [-0.2, -0.15) is 4.52 Å². The van der Waals surface area contributed by atoms with Crippen LogP contribution in [-0.4, -0.2) is 63.1 Å². The van der Waals surface area contributed by atoms with Gasteiger partial charge in [0.2, 0.25) is 5.95 Å². The minimum absolute atomic E-state index is 0.525. The first kappa shape index (κ1) is 15.3. The van der Waals surface area contributed by atoms with Gasteiger partial charge < -0.3 is 14.5 Å². The second kappa shape index (κ2) is 6.08. The molecular weight excluding hydrogens is 332 g/mol. The third-order valence-corrected chi connectivity index (χ3v) is 4.95. The van der Waals surface area contributed by atoms with Crippen LogP contribution in [0, 0.1) is 0 Å². The van der Waals surface area contributed by atoms with Gasteiger partial charge in [-0.3, -0.25) is 0 Å². The molecule has 4 heterocycles. The van der Waals surface area contributed by atoms with Gasteiger partial charge in [0.25, 0.3) is 0 Å². The Morgan fingerprint density at radius 2 is 1.69 bits per heavy atom. The first-order chi connectivity index (χ1) is 12.8. The van der Waals surface area contributed by atoms with Gasteiger partial charge in [0.1, 0.15) is 5.82 Å². The standard InChI is InChI=1S/C17H20N8O/c1-26-13-10-18-17(19-11-13)24-8-6-23(7-9-24)15-5-4-14-20-21-16(12-2-3-12)25(14)22-15/h4-5,10-12H,2-3,6-9H2,1H3. The second-order valence-electron chi connectivity index (χ2n) is 6.69. The maximum atomic E-state index is 5.12. The van der Waals surface area contributed by atoms with Gasteiger partial charge in [-0.05, 0) is 25.0 Å². The van der Waals surface area contributed by atoms with Crippen molar-refractivity contribution >= 4 is 17.4 Å². The summed E-state index contributed by atoms with van der Waals surface area (Å²) in [5.74, 6) is 3.90. The van der Waals surface area contributed by atoms with E-state index in [0.717, 1.165) is 49.4 Å². The monoisotopic (exact) mass is 352 g/mol. The molecule has 3 aromatic rings. The first-order valence-corrected chi connectivity index (χ1v) is 8.90. The maximum absolute atomic E-state index is 5.12. The highest BCUT2D eigenvalue weighted by Crippen LogP contribution is 2.38. The smallest absolute Gasteiger partial charge is 0.225 e. The van der Waals surface area contributed by atoms with Crippen molar-refractivity contribution in [2.45, 2.75) is 18.8 Å². The zero-order chi connectivity index (χ0) is 17.5. The number of piperazine rings is 1. The zero-order valence-electron chi connectivity index (χ0n) is 14.6.